The smallest absolute Gasteiger partial charge is 0.317 e. The molecule has 1 atom stereocenters. The maximum Gasteiger partial charge on any atom is 0.317 e. The Morgan fingerprint density at radius 3 is 2.00 bits per heavy atom. The first kappa shape index (κ1) is 13.4. The van der Waals surface area contributed by atoms with Gasteiger partial charge in [0, 0.05) is 5.02 Å². The number of carbonyl (C=O) groups is 1. The average molecular weight is 277 g/mol. The van der Waals surface area contributed by atoms with Crippen molar-refractivity contribution in [1.29, 1.82) is 0 Å². The van der Waals surface area contributed by atoms with Crippen molar-refractivity contribution >= 4 is 17.6 Å². The maximum atomic E-state index is 12.0. The lowest BCUT2D eigenvalue weighted by Crippen LogP contribution is -2.15. The molecule has 0 spiro atoms. The number of carbonyl (C=O) groups excluding carboxylic acids is 1. The van der Waals surface area contributed by atoms with E-state index in [1.807, 2.05) is 0 Å². The standard InChI is InChI=1S/C15H13ClO3/c1-19-15(18)14(10-2-6-12(16)7-3-10)11-4-8-13(17)9-5-11/h2-9,14,17H,1H3. The summed E-state index contributed by atoms with van der Waals surface area (Å²) in [6, 6.07) is 13.5. The number of phenols is 1. The normalized spacial score (nSPS) is 11.9. The Hall–Kier alpha value is -2.00. The SMILES string of the molecule is COC(=O)C(c1ccc(O)cc1)c1ccc(Cl)cc1. The Bertz CT molecular complexity index is 515. The van der Waals surface area contributed by atoms with Gasteiger partial charge in [-0.05, 0) is 35.4 Å². The molecule has 0 heterocycles. The number of hydrogen-bond donors (Lipinski definition) is 1. The summed E-state index contributed by atoms with van der Waals surface area (Å²) in [5.41, 5.74) is 1.55. The van der Waals surface area contributed by atoms with Crippen LogP contribution in [0.5, 0.6) is 5.75 Å². The molecule has 0 aliphatic carbocycles. The summed E-state index contributed by atoms with van der Waals surface area (Å²) in [5, 5.41) is 9.92. The van der Waals surface area contributed by atoms with E-state index in [2.05, 4.69) is 0 Å². The van der Waals surface area contributed by atoms with Gasteiger partial charge in [0.15, 0.2) is 0 Å². The minimum atomic E-state index is -0.525. The molecule has 0 saturated carbocycles. The number of halogens is 1. The van der Waals surface area contributed by atoms with Crippen LogP contribution in [0.1, 0.15) is 17.0 Å². The molecule has 0 saturated heterocycles. The van der Waals surface area contributed by atoms with Gasteiger partial charge < -0.3 is 9.84 Å². The van der Waals surface area contributed by atoms with Crippen molar-refractivity contribution in [1.82, 2.24) is 0 Å². The number of esters is 1. The summed E-state index contributed by atoms with van der Waals surface area (Å²) in [6.45, 7) is 0. The lowest BCUT2D eigenvalue weighted by molar-refractivity contribution is -0.141. The molecule has 19 heavy (non-hydrogen) atoms. The van der Waals surface area contributed by atoms with Crippen molar-refractivity contribution in [2.75, 3.05) is 7.11 Å². The number of benzene rings is 2. The van der Waals surface area contributed by atoms with E-state index in [1.54, 1.807) is 48.5 Å². The van der Waals surface area contributed by atoms with Crippen LogP contribution in [0.25, 0.3) is 0 Å². The Kier molecular flexibility index (Phi) is 4.07. The number of hydrogen-bond acceptors (Lipinski definition) is 3. The summed E-state index contributed by atoms with van der Waals surface area (Å²) in [6.07, 6.45) is 0. The molecule has 0 fully saturated rings. The van der Waals surface area contributed by atoms with E-state index in [1.165, 1.54) is 7.11 Å². The number of methoxy groups -OCH3 is 1. The molecule has 2 rings (SSSR count). The van der Waals surface area contributed by atoms with Crippen molar-refractivity contribution in [3.05, 3.63) is 64.7 Å². The van der Waals surface area contributed by atoms with Crippen LogP contribution in [0.2, 0.25) is 5.02 Å². The number of ether oxygens (including phenoxy) is 1. The van der Waals surface area contributed by atoms with Gasteiger partial charge in [0.25, 0.3) is 0 Å². The predicted octanol–water partition coefficient (Wildman–Crippen LogP) is 3.35. The van der Waals surface area contributed by atoms with E-state index >= 15 is 0 Å². The fourth-order valence-electron chi connectivity index (χ4n) is 1.90. The van der Waals surface area contributed by atoms with Crippen LogP contribution in [0, 0.1) is 0 Å². The van der Waals surface area contributed by atoms with Crippen LogP contribution in [-0.2, 0) is 9.53 Å². The van der Waals surface area contributed by atoms with Gasteiger partial charge in [-0.2, -0.15) is 0 Å². The molecule has 98 valence electrons. The molecule has 3 nitrogen and oxygen atoms in total. The molecular weight excluding hydrogens is 264 g/mol. The van der Waals surface area contributed by atoms with Gasteiger partial charge in [0.05, 0.1) is 7.11 Å². The Labute approximate surface area is 116 Å². The molecule has 2 aromatic rings. The molecule has 0 aromatic heterocycles. The van der Waals surface area contributed by atoms with E-state index in [0.717, 1.165) is 11.1 Å². The van der Waals surface area contributed by atoms with E-state index in [-0.39, 0.29) is 11.7 Å². The summed E-state index contributed by atoms with van der Waals surface area (Å²) < 4.78 is 4.85. The highest BCUT2D eigenvalue weighted by molar-refractivity contribution is 6.30. The van der Waals surface area contributed by atoms with Crippen LogP contribution >= 0.6 is 11.6 Å². The predicted molar refractivity (Wildman–Crippen MR) is 73.4 cm³/mol. The second kappa shape index (κ2) is 5.76. The van der Waals surface area contributed by atoms with Crippen molar-refractivity contribution < 1.29 is 14.6 Å². The maximum absolute atomic E-state index is 12.0. The lowest BCUT2D eigenvalue weighted by Gasteiger charge is -2.15. The highest BCUT2D eigenvalue weighted by Gasteiger charge is 2.23. The molecular formula is C15H13ClO3. The van der Waals surface area contributed by atoms with Crippen molar-refractivity contribution in [3.63, 3.8) is 0 Å². The minimum absolute atomic E-state index is 0.156. The van der Waals surface area contributed by atoms with E-state index in [0.29, 0.717) is 5.02 Å². The Balaban J connectivity index is 2.44. The van der Waals surface area contributed by atoms with Gasteiger partial charge >= 0.3 is 5.97 Å². The fraction of sp³-hybridized carbons (Fsp3) is 0.133. The lowest BCUT2D eigenvalue weighted by atomic mass is 9.91. The third-order valence-corrected chi connectivity index (χ3v) is 3.12. The van der Waals surface area contributed by atoms with Crippen molar-refractivity contribution in [2.24, 2.45) is 0 Å². The van der Waals surface area contributed by atoms with Crippen molar-refractivity contribution in [3.8, 4) is 5.75 Å². The quantitative estimate of drug-likeness (QED) is 0.875. The first-order valence-corrected chi connectivity index (χ1v) is 6.12. The van der Waals surface area contributed by atoms with E-state index < -0.39 is 5.92 Å². The monoisotopic (exact) mass is 276 g/mol. The zero-order chi connectivity index (χ0) is 13.8. The highest BCUT2D eigenvalue weighted by atomic mass is 35.5. The summed E-state index contributed by atoms with van der Waals surface area (Å²) in [4.78, 5) is 12.0. The number of aromatic hydroxyl groups is 1. The molecule has 0 radical (unpaired) electrons. The Morgan fingerprint density at radius 1 is 1.05 bits per heavy atom. The second-order valence-corrected chi connectivity index (χ2v) is 4.54. The molecule has 2 aromatic carbocycles. The molecule has 4 heteroatoms. The third kappa shape index (κ3) is 3.06. The Morgan fingerprint density at radius 2 is 1.53 bits per heavy atom. The summed E-state index contributed by atoms with van der Waals surface area (Å²) in [7, 11) is 1.35. The summed E-state index contributed by atoms with van der Waals surface area (Å²) >= 11 is 5.85. The van der Waals surface area contributed by atoms with Crippen LogP contribution < -0.4 is 0 Å². The van der Waals surface area contributed by atoms with Gasteiger partial charge in [0.2, 0.25) is 0 Å². The zero-order valence-electron chi connectivity index (χ0n) is 10.3. The number of phenolic OH excluding ortho intramolecular Hbond substituents is 1. The van der Waals surface area contributed by atoms with Gasteiger partial charge in [-0.1, -0.05) is 35.9 Å². The molecule has 1 unspecified atom stereocenters. The average Bonchev–Trinajstić information content (AvgIpc) is 2.43. The fourth-order valence-corrected chi connectivity index (χ4v) is 2.03. The number of rotatable bonds is 3. The van der Waals surface area contributed by atoms with Gasteiger partial charge in [-0.3, -0.25) is 4.79 Å². The molecule has 0 amide bonds. The second-order valence-electron chi connectivity index (χ2n) is 4.10. The highest BCUT2D eigenvalue weighted by Crippen LogP contribution is 2.28. The molecule has 0 bridgehead atoms. The largest absolute Gasteiger partial charge is 0.508 e. The van der Waals surface area contributed by atoms with Gasteiger partial charge in [0.1, 0.15) is 11.7 Å². The zero-order valence-corrected chi connectivity index (χ0v) is 11.1. The van der Waals surface area contributed by atoms with Crippen LogP contribution in [0.15, 0.2) is 48.5 Å². The molecule has 0 aliphatic rings. The van der Waals surface area contributed by atoms with Crippen LogP contribution in [0.4, 0.5) is 0 Å². The van der Waals surface area contributed by atoms with Gasteiger partial charge in [-0.25, -0.2) is 0 Å². The molecule has 0 aliphatic heterocycles. The van der Waals surface area contributed by atoms with Crippen molar-refractivity contribution in [2.45, 2.75) is 5.92 Å². The van der Waals surface area contributed by atoms with Crippen LogP contribution in [-0.4, -0.2) is 18.2 Å². The van der Waals surface area contributed by atoms with Gasteiger partial charge in [-0.15, -0.1) is 0 Å². The first-order valence-electron chi connectivity index (χ1n) is 5.74. The van der Waals surface area contributed by atoms with E-state index in [9.17, 15) is 9.90 Å². The van der Waals surface area contributed by atoms with E-state index in [4.69, 9.17) is 16.3 Å². The minimum Gasteiger partial charge on any atom is -0.508 e. The third-order valence-electron chi connectivity index (χ3n) is 2.87. The topological polar surface area (TPSA) is 46.5 Å². The summed E-state index contributed by atoms with van der Waals surface area (Å²) in [5.74, 6) is -0.723. The van der Waals surface area contributed by atoms with Crippen LogP contribution in [0.3, 0.4) is 0 Å². The first-order chi connectivity index (χ1) is 9.11. The molecule has 1 N–H and O–H groups in total.